The van der Waals surface area contributed by atoms with Gasteiger partial charge in [0.25, 0.3) is 0 Å². The number of carbonyl (C=O) groups is 1. The van der Waals surface area contributed by atoms with Gasteiger partial charge in [-0.15, -0.1) is 0 Å². The Morgan fingerprint density at radius 2 is 1.48 bits per heavy atom. The quantitative estimate of drug-likeness (QED) is 0.731. The number of aryl methyl sites for hydroxylation is 2. The first-order chi connectivity index (χ1) is 13.0. The van der Waals surface area contributed by atoms with Crippen LogP contribution in [0.3, 0.4) is 0 Å². The van der Waals surface area contributed by atoms with Gasteiger partial charge < -0.3 is 24.3 Å². The predicted octanol–water partition coefficient (Wildman–Crippen LogP) is 3.28. The standard InChI is InChI=1S/C21H27NO5/c1-14-10-15(6-8-17(14)24-2)7-9-20(23)22-13-16-11-18(25-3)21(27-5)19(12-16)26-4/h6,8,10-12H,7,9,13H2,1-5H3,(H,22,23). The zero-order valence-corrected chi connectivity index (χ0v) is 16.5. The summed E-state index contributed by atoms with van der Waals surface area (Å²) in [7, 11) is 6.34. The topological polar surface area (TPSA) is 66.0 Å². The number of ether oxygens (including phenoxy) is 4. The average Bonchev–Trinajstić information content (AvgIpc) is 2.69. The molecule has 0 aliphatic carbocycles. The number of nitrogens with one attached hydrogen (secondary N) is 1. The fourth-order valence-electron chi connectivity index (χ4n) is 2.88. The van der Waals surface area contributed by atoms with Crippen LogP contribution in [0.25, 0.3) is 0 Å². The lowest BCUT2D eigenvalue weighted by molar-refractivity contribution is -0.121. The molecule has 0 spiro atoms. The van der Waals surface area contributed by atoms with Crippen molar-refractivity contribution in [3.8, 4) is 23.0 Å². The second-order valence-corrected chi connectivity index (χ2v) is 6.11. The summed E-state index contributed by atoms with van der Waals surface area (Å²) in [6, 6.07) is 9.62. The van der Waals surface area contributed by atoms with Gasteiger partial charge >= 0.3 is 0 Å². The van der Waals surface area contributed by atoms with Gasteiger partial charge in [-0.2, -0.15) is 0 Å². The van der Waals surface area contributed by atoms with Crippen LogP contribution in [0.1, 0.15) is 23.1 Å². The molecule has 0 aliphatic rings. The number of amides is 1. The van der Waals surface area contributed by atoms with Gasteiger partial charge in [0, 0.05) is 13.0 Å². The van der Waals surface area contributed by atoms with Crippen molar-refractivity contribution >= 4 is 5.91 Å². The molecule has 0 unspecified atom stereocenters. The summed E-state index contributed by atoms with van der Waals surface area (Å²) in [5, 5.41) is 2.93. The number of rotatable bonds is 9. The molecule has 2 aromatic carbocycles. The Labute approximate surface area is 160 Å². The summed E-state index contributed by atoms with van der Waals surface area (Å²) in [6.07, 6.45) is 1.09. The van der Waals surface area contributed by atoms with Crippen molar-refractivity contribution in [2.75, 3.05) is 28.4 Å². The second-order valence-electron chi connectivity index (χ2n) is 6.11. The van der Waals surface area contributed by atoms with Crippen LogP contribution in [0.15, 0.2) is 30.3 Å². The molecule has 6 nitrogen and oxygen atoms in total. The van der Waals surface area contributed by atoms with E-state index in [1.807, 2.05) is 37.3 Å². The van der Waals surface area contributed by atoms with Gasteiger partial charge in [0.05, 0.1) is 28.4 Å². The van der Waals surface area contributed by atoms with Crippen molar-refractivity contribution in [2.45, 2.75) is 26.3 Å². The van der Waals surface area contributed by atoms with Crippen molar-refractivity contribution in [3.63, 3.8) is 0 Å². The zero-order valence-electron chi connectivity index (χ0n) is 16.5. The van der Waals surface area contributed by atoms with Crippen molar-refractivity contribution < 1.29 is 23.7 Å². The van der Waals surface area contributed by atoms with E-state index >= 15 is 0 Å². The van der Waals surface area contributed by atoms with Crippen molar-refractivity contribution in [2.24, 2.45) is 0 Å². The van der Waals surface area contributed by atoms with Crippen molar-refractivity contribution in [1.82, 2.24) is 5.32 Å². The monoisotopic (exact) mass is 373 g/mol. The zero-order chi connectivity index (χ0) is 19.8. The number of carbonyl (C=O) groups excluding carboxylic acids is 1. The van der Waals surface area contributed by atoms with Crippen LogP contribution in [0, 0.1) is 6.92 Å². The molecule has 0 fully saturated rings. The van der Waals surface area contributed by atoms with E-state index in [0.29, 0.717) is 36.6 Å². The SMILES string of the molecule is COc1ccc(CCC(=O)NCc2cc(OC)c(OC)c(OC)c2)cc1C. The van der Waals surface area contributed by atoms with Crippen LogP contribution < -0.4 is 24.3 Å². The fourth-order valence-corrected chi connectivity index (χ4v) is 2.88. The molecule has 146 valence electrons. The van der Waals surface area contributed by atoms with Crippen molar-refractivity contribution in [1.29, 1.82) is 0 Å². The Morgan fingerprint density at radius 3 is 2.00 bits per heavy atom. The minimum Gasteiger partial charge on any atom is -0.496 e. The van der Waals surface area contributed by atoms with Crippen LogP contribution in [-0.2, 0) is 17.8 Å². The summed E-state index contributed by atoms with van der Waals surface area (Å²) in [5.74, 6) is 2.50. The van der Waals surface area contributed by atoms with Gasteiger partial charge in [0.1, 0.15) is 5.75 Å². The molecule has 2 aromatic rings. The van der Waals surface area contributed by atoms with Crippen LogP contribution in [0.5, 0.6) is 23.0 Å². The molecule has 27 heavy (non-hydrogen) atoms. The molecule has 0 bridgehead atoms. The molecule has 0 aromatic heterocycles. The largest absolute Gasteiger partial charge is 0.496 e. The van der Waals surface area contributed by atoms with E-state index in [0.717, 1.165) is 22.4 Å². The highest BCUT2D eigenvalue weighted by Gasteiger charge is 2.13. The Kier molecular flexibility index (Phi) is 7.34. The van der Waals surface area contributed by atoms with E-state index in [4.69, 9.17) is 18.9 Å². The highest BCUT2D eigenvalue weighted by atomic mass is 16.5. The first kappa shape index (κ1) is 20.4. The van der Waals surface area contributed by atoms with Crippen LogP contribution in [0.2, 0.25) is 0 Å². The minimum atomic E-state index is -0.0165. The number of benzene rings is 2. The van der Waals surface area contributed by atoms with E-state index in [-0.39, 0.29) is 5.91 Å². The van der Waals surface area contributed by atoms with Crippen LogP contribution >= 0.6 is 0 Å². The molecule has 6 heteroatoms. The van der Waals surface area contributed by atoms with Gasteiger partial charge in [0.15, 0.2) is 11.5 Å². The molecule has 0 saturated carbocycles. The van der Waals surface area contributed by atoms with Crippen LogP contribution in [0.4, 0.5) is 0 Å². The lowest BCUT2D eigenvalue weighted by atomic mass is 10.1. The Morgan fingerprint density at radius 1 is 0.852 bits per heavy atom. The summed E-state index contributed by atoms with van der Waals surface area (Å²) in [6.45, 7) is 2.38. The Balaban J connectivity index is 1.94. The van der Waals surface area contributed by atoms with E-state index in [9.17, 15) is 4.79 Å². The lowest BCUT2D eigenvalue weighted by Gasteiger charge is -2.14. The van der Waals surface area contributed by atoms with E-state index in [2.05, 4.69) is 5.32 Å². The van der Waals surface area contributed by atoms with Gasteiger partial charge in [-0.05, 0) is 48.2 Å². The van der Waals surface area contributed by atoms with Crippen LogP contribution in [-0.4, -0.2) is 34.3 Å². The molecule has 0 aliphatic heterocycles. The third-order valence-corrected chi connectivity index (χ3v) is 4.31. The van der Waals surface area contributed by atoms with Gasteiger partial charge in [-0.25, -0.2) is 0 Å². The number of hydrogen-bond donors (Lipinski definition) is 1. The smallest absolute Gasteiger partial charge is 0.220 e. The van der Waals surface area contributed by atoms with Gasteiger partial charge in [0.2, 0.25) is 11.7 Å². The van der Waals surface area contributed by atoms with Crippen molar-refractivity contribution in [3.05, 3.63) is 47.0 Å². The first-order valence-corrected chi connectivity index (χ1v) is 8.71. The minimum absolute atomic E-state index is 0.0165. The predicted molar refractivity (Wildman–Crippen MR) is 104 cm³/mol. The normalized spacial score (nSPS) is 10.3. The number of hydrogen-bond acceptors (Lipinski definition) is 5. The molecular weight excluding hydrogens is 346 g/mol. The maximum Gasteiger partial charge on any atom is 0.220 e. The third kappa shape index (κ3) is 5.29. The molecule has 1 amide bonds. The highest BCUT2D eigenvalue weighted by molar-refractivity contribution is 5.76. The van der Waals surface area contributed by atoms with Gasteiger partial charge in [-0.1, -0.05) is 12.1 Å². The fraction of sp³-hybridized carbons (Fsp3) is 0.381. The summed E-state index contributed by atoms with van der Waals surface area (Å²) < 4.78 is 21.2. The molecule has 0 heterocycles. The Bertz CT molecular complexity index is 763. The molecule has 2 rings (SSSR count). The highest BCUT2D eigenvalue weighted by Crippen LogP contribution is 2.38. The maximum absolute atomic E-state index is 12.2. The first-order valence-electron chi connectivity index (χ1n) is 8.71. The lowest BCUT2D eigenvalue weighted by Crippen LogP contribution is -2.23. The summed E-state index contributed by atoms with van der Waals surface area (Å²) in [4.78, 5) is 12.2. The van der Waals surface area contributed by atoms with E-state index < -0.39 is 0 Å². The molecule has 0 saturated heterocycles. The van der Waals surface area contributed by atoms with E-state index in [1.54, 1.807) is 28.4 Å². The molecule has 0 atom stereocenters. The molecule has 0 radical (unpaired) electrons. The third-order valence-electron chi connectivity index (χ3n) is 4.31. The molecule has 1 N–H and O–H groups in total. The second kappa shape index (κ2) is 9.71. The molecular formula is C21H27NO5. The summed E-state index contributed by atoms with van der Waals surface area (Å²) >= 11 is 0. The average molecular weight is 373 g/mol. The maximum atomic E-state index is 12.2. The van der Waals surface area contributed by atoms with E-state index in [1.165, 1.54) is 0 Å². The number of methoxy groups -OCH3 is 4. The summed E-state index contributed by atoms with van der Waals surface area (Å²) in [5.41, 5.74) is 3.04. The Hall–Kier alpha value is -2.89. The van der Waals surface area contributed by atoms with Gasteiger partial charge in [-0.3, -0.25) is 4.79 Å².